The minimum Gasteiger partial charge on any atom is -0.449 e. The summed E-state index contributed by atoms with van der Waals surface area (Å²) in [5.41, 5.74) is 3.19. The van der Waals surface area contributed by atoms with Gasteiger partial charge in [0, 0.05) is 20.3 Å². The fraction of sp³-hybridized carbons (Fsp3) is 0.500. The lowest BCUT2D eigenvalue weighted by Crippen LogP contribution is -2.29. The summed E-state index contributed by atoms with van der Waals surface area (Å²) < 4.78 is 11.5. The second kappa shape index (κ2) is 3.76. The van der Waals surface area contributed by atoms with Crippen molar-refractivity contribution in [3.8, 4) is 11.5 Å². The number of ether oxygens (including phenoxy) is 2. The third kappa shape index (κ3) is 2.14. The molecule has 3 heteroatoms. The molecule has 1 aromatic carbocycles. The summed E-state index contributed by atoms with van der Waals surface area (Å²) >= 11 is 0. The highest BCUT2D eigenvalue weighted by Gasteiger charge is 2.34. The van der Waals surface area contributed by atoms with E-state index >= 15 is 0 Å². The molecule has 1 aliphatic heterocycles. The average molecular weight is 234 g/mol. The fourth-order valence-electron chi connectivity index (χ4n) is 2.11. The quantitative estimate of drug-likeness (QED) is 0.789. The molecule has 1 aliphatic rings. The van der Waals surface area contributed by atoms with E-state index in [4.69, 9.17) is 9.47 Å². The Balaban J connectivity index is 2.49. The third-order valence-corrected chi connectivity index (χ3v) is 3.06. The largest absolute Gasteiger partial charge is 0.449 e. The van der Waals surface area contributed by atoms with E-state index in [1.54, 1.807) is 6.92 Å². The van der Waals surface area contributed by atoms with Crippen LogP contribution >= 0.6 is 0 Å². The summed E-state index contributed by atoms with van der Waals surface area (Å²) in [5.74, 6) is 1.09. The standard InChI is InChI=1S/C14H18O3/c1-8(15)6-11-7-12-13(10(3)9(11)2)17-14(4,5)16-12/h7H,6H2,1-5H3. The number of Topliss-reactive ketones (excluding diaryl/α,β-unsaturated/α-hetero) is 1. The zero-order chi connectivity index (χ0) is 12.8. The fourth-order valence-corrected chi connectivity index (χ4v) is 2.11. The number of benzene rings is 1. The van der Waals surface area contributed by atoms with Gasteiger partial charge in [-0.05, 0) is 43.5 Å². The summed E-state index contributed by atoms with van der Waals surface area (Å²) in [5, 5.41) is 0. The lowest BCUT2D eigenvalue weighted by molar-refractivity contribution is -0.116. The van der Waals surface area contributed by atoms with E-state index < -0.39 is 5.79 Å². The first kappa shape index (κ1) is 12.0. The van der Waals surface area contributed by atoms with Gasteiger partial charge in [-0.15, -0.1) is 0 Å². The van der Waals surface area contributed by atoms with Crippen molar-refractivity contribution in [1.82, 2.24) is 0 Å². The van der Waals surface area contributed by atoms with Crippen LogP contribution in [0.4, 0.5) is 0 Å². The molecule has 0 atom stereocenters. The summed E-state index contributed by atoms with van der Waals surface area (Å²) in [6, 6.07) is 1.92. The molecule has 0 amide bonds. The van der Waals surface area contributed by atoms with E-state index in [1.807, 2.05) is 33.8 Å². The maximum Gasteiger partial charge on any atom is 0.246 e. The Bertz CT molecular complexity index is 487. The number of hydrogen-bond donors (Lipinski definition) is 0. The molecule has 0 spiro atoms. The SMILES string of the molecule is CC(=O)Cc1cc2c(c(C)c1C)OC(C)(C)O2. The third-order valence-electron chi connectivity index (χ3n) is 3.06. The Kier molecular flexibility index (Phi) is 2.64. The molecule has 0 aliphatic carbocycles. The van der Waals surface area contributed by atoms with Crippen LogP contribution in [-0.2, 0) is 11.2 Å². The van der Waals surface area contributed by atoms with Crippen LogP contribution in [0.25, 0.3) is 0 Å². The van der Waals surface area contributed by atoms with Crippen molar-refractivity contribution in [3.63, 3.8) is 0 Å². The molecule has 1 aromatic rings. The summed E-state index contributed by atoms with van der Waals surface area (Å²) in [7, 11) is 0. The number of carbonyl (C=O) groups excluding carboxylic acids is 1. The Morgan fingerprint density at radius 1 is 1.24 bits per heavy atom. The first-order chi connectivity index (χ1) is 7.80. The van der Waals surface area contributed by atoms with E-state index in [0.29, 0.717) is 6.42 Å². The van der Waals surface area contributed by atoms with Crippen LogP contribution in [0.1, 0.15) is 37.5 Å². The second-order valence-corrected chi connectivity index (χ2v) is 5.10. The molecule has 0 radical (unpaired) electrons. The summed E-state index contributed by atoms with van der Waals surface area (Å²) in [6.45, 7) is 9.38. The Morgan fingerprint density at radius 2 is 1.88 bits per heavy atom. The van der Waals surface area contributed by atoms with Crippen molar-refractivity contribution in [2.24, 2.45) is 0 Å². The maximum absolute atomic E-state index is 11.2. The van der Waals surface area contributed by atoms with Crippen LogP contribution in [-0.4, -0.2) is 11.6 Å². The molecule has 0 saturated heterocycles. The van der Waals surface area contributed by atoms with Crippen LogP contribution in [0.5, 0.6) is 11.5 Å². The summed E-state index contributed by atoms with van der Waals surface area (Å²) in [4.78, 5) is 11.2. The Hall–Kier alpha value is -1.51. The normalized spacial score (nSPS) is 16.1. The van der Waals surface area contributed by atoms with Gasteiger partial charge < -0.3 is 9.47 Å². The van der Waals surface area contributed by atoms with Crippen LogP contribution in [0.2, 0.25) is 0 Å². The highest BCUT2D eigenvalue weighted by molar-refractivity contribution is 5.79. The molecular weight excluding hydrogens is 216 g/mol. The van der Waals surface area contributed by atoms with Gasteiger partial charge in [0.05, 0.1) is 0 Å². The highest BCUT2D eigenvalue weighted by atomic mass is 16.7. The van der Waals surface area contributed by atoms with Crippen molar-refractivity contribution in [2.45, 2.75) is 46.8 Å². The van der Waals surface area contributed by atoms with Gasteiger partial charge in [-0.25, -0.2) is 0 Å². The molecule has 0 saturated carbocycles. The molecule has 0 bridgehead atoms. The van der Waals surface area contributed by atoms with Crippen LogP contribution in [0.15, 0.2) is 6.07 Å². The topological polar surface area (TPSA) is 35.5 Å². The number of carbonyl (C=O) groups is 1. The van der Waals surface area contributed by atoms with E-state index in [2.05, 4.69) is 0 Å². The first-order valence-corrected chi connectivity index (χ1v) is 5.81. The second-order valence-electron chi connectivity index (χ2n) is 5.10. The van der Waals surface area contributed by atoms with Gasteiger partial charge in [-0.2, -0.15) is 0 Å². The average Bonchev–Trinajstić information content (AvgIpc) is 2.48. The number of hydrogen-bond acceptors (Lipinski definition) is 3. The molecular formula is C14H18O3. The van der Waals surface area contributed by atoms with E-state index in [9.17, 15) is 4.79 Å². The maximum atomic E-state index is 11.2. The van der Waals surface area contributed by atoms with Gasteiger partial charge in [0.1, 0.15) is 5.78 Å². The van der Waals surface area contributed by atoms with E-state index in [1.165, 1.54) is 0 Å². The van der Waals surface area contributed by atoms with Gasteiger partial charge in [0.2, 0.25) is 5.79 Å². The summed E-state index contributed by atoms with van der Waals surface area (Å²) in [6.07, 6.45) is 0.448. The van der Waals surface area contributed by atoms with E-state index in [0.717, 1.165) is 28.2 Å². The number of rotatable bonds is 2. The molecule has 92 valence electrons. The van der Waals surface area contributed by atoms with Gasteiger partial charge in [-0.1, -0.05) is 0 Å². The molecule has 0 aromatic heterocycles. The zero-order valence-electron chi connectivity index (χ0n) is 11.0. The van der Waals surface area contributed by atoms with Gasteiger partial charge in [0.25, 0.3) is 0 Å². The minimum atomic E-state index is -0.617. The number of fused-ring (bicyclic) bond motifs is 1. The Labute approximate surface area is 102 Å². The van der Waals surface area contributed by atoms with Crippen molar-refractivity contribution >= 4 is 5.78 Å². The van der Waals surface area contributed by atoms with Crippen LogP contribution < -0.4 is 9.47 Å². The van der Waals surface area contributed by atoms with Crippen molar-refractivity contribution in [3.05, 3.63) is 22.8 Å². The lowest BCUT2D eigenvalue weighted by Gasteiger charge is -2.16. The monoisotopic (exact) mass is 234 g/mol. The molecule has 17 heavy (non-hydrogen) atoms. The molecule has 1 heterocycles. The lowest BCUT2D eigenvalue weighted by atomic mass is 9.98. The first-order valence-electron chi connectivity index (χ1n) is 5.81. The minimum absolute atomic E-state index is 0.158. The molecule has 3 nitrogen and oxygen atoms in total. The van der Waals surface area contributed by atoms with Crippen molar-refractivity contribution in [2.75, 3.05) is 0 Å². The highest BCUT2D eigenvalue weighted by Crippen LogP contribution is 2.44. The van der Waals surface area contributed by atoms with Gasteiger partial charge in [0.15, 0.2) is 11.5 Å². The van der Waals surface area contributed by atoms with E-state index in [-0.39, 0.29) is 5.78 Å². The van der Waals surface area contributed by atoms with Crippen molar-refractivity contribution in [1.29, 1.82) is 0 Å². The molecule has 0 unspecified atom stereocenters. The van der Waals surface area contributed by atoms with Crippen LogP contribution in [0, 0.1) is 13.8 Å². The smallest absolute Gasteiger partial charge is 0.246 e. The predicted octanol–water partition coefficient (Wildman–Crippen LogP) is 2.94. The van der Waals surface area contributed by atoms with Crippen molar-refractivity contribution < 1.29 is 14.3 Å². The molecule has 2 rings (SSSR count). The van der Waals surface area contributed by atoms with Crippen LogP contribution in [0.3, 0.4) is 0 Å². The predicted molar refractivity (Wildman–Crippen MR) is 65.6 cm³/mol. The van der Waals surface area contributed by atoms with Gasteiger partial charge >= 0.3 is 0 Å². The van der Waals surface area contributed by atoms with Gasteiger partial charge in [-0.3, -0.25) is 4.79 Å². The zero-order valence-corrected chi connectivity index (χ0v) is 11.0. The molecule has 0 N–H and O–H groups in total. The number of ketones is 1. The molecule has 0 fully saturated rings. The Morgan fingerprint density at radius 3 is 2.47 bits per heavy atom.